The fraction of sp³-hybridized carbons (Fsp3) is 0.364. The third kappa shape index (κ3) is 2.87. The highest BCUT2D eigenvalue weighted by Gasteiger charge is 2.18. The van der Waals surface area contributed by atoms with Gasteiger partial charge in [-0.1, -0.05) is 11.6 Å². The van der Waals surface area contributed by atoms with Gasteiger partial charge in [0, 0.05) is 29.1 Å². The second kappa shape index (κ2) is 5.33. The number of hydrogen-bond acceptors (Lipinski definition) is 2. The Balaban J connectivity index is 1.96. The second-order valence-electron chi connectivity index (χ2n) is 3.86. The van der Waals surface area contributed by atoms with Crippen LogP contribution < -0.4 is 10.6 Å². The van der Waals surface area contributed by atoms with Crippen molar-refractivity contribution >= 4 is 40.1 Å². The largest absolute Gasteiger partial charge is 0.352 e. The van der Waals surface area contributed by atoms with E-state index in [1.807, 2.05) is 6.07 Å². The van der Waals surface area contributed by atoms with Crippen LogP contribution in [0, 0.1) is 9.49 Å². The summed E-state index contributed by atoms with van der Waals surface area (Å²) in [5.41, 5.74) is 0.550. The molecule has 0 radical (unpaired) electrons. The summed E-state index contributed by atoms with van der Waals surface area (Å²) in [6.45, 7) is 2.69. The summed E-state index contributed by atoms with van der Waals surface area (Å²) >= 11 is 8.18. The van der Waals surface area contributed by atoms with Gasteiger partial charge in [0.15, 0.2) is 0 Å². The second-order valence-corrected chi connectivity index (χ2v) is 5.51. The Hall–Kier alpha value is -0.330. The van der Waals surface area contributed by atoms with E-state index in [0.717, 1.165) is 16.7 Å². The SMILES string of the molecule is O=C(NCC1CNC1)c1ccc(I)cc1Cl. The number of carbonyl (C=O) groups excluding carboxylic acids is 1. The molecule has 1 heterocycles. The molecule has 3 nitrogen and oxygen atoms in total. The molecule has 0 unspecified atom stereocenters. The van der Waals surface area contributed by atoms with Gasteiger partial charge in [0.05, 0.1) is 10.6 Å². The van der Waals surface area contributed by atoms with E-state index in [4.69, 9.17) is 11.6 Å². The quantitative estimate of drug-likeness (QED) is 0.818. The molecule has 0 atom stereocenters. The summed E-state index contributed by atoms with van der Waals surface area (Å²) < 4.78 is 1.03. The van der Waals surface area contributed by atoms with Crippen LogP contribution in [-0.4, -0.2) is 25.5 Å². The van der Waals surface area contributed by atoms with Crippen molar-refractivity contribution in [3.8, 4) is 0 Å². The third-order valence-electron chi connectivity index (χ3n) is 2.59. The van der Waals surface area contributed by atoms with Crippen LogP contribution >= 0.6 is 34.2 Å². The van der Waals surface area contributed by atoms with Gasteiger partial charge in [-0.25, -0.2) is 0 Å². The molecular weight excluding hydrogens is 338 g/mol. The van der Waals surface area contributed by atoms with Crippen LogP contribution in [0.5, 0.6) is 0 Å². The monoisotopic (exact) mass is 350 g/mol. The zero-order chi connectivity index (χ0) is 11.5. The molecule has 1 aliphatic rings. The molecule has 1 amide bonds. The minimum absolute atomic E-state index is 0.0895. The van der Waals surface area contributed by atoms with Gasteiger partial charge < -0.3 is 10.6 Å². The number of benzene rings is 1. The van der Waals surface area contributed by atoms with Crippen molar-refractivity contribution in [3.63, 3.8) is 0 Å². The predicted octanol–water partition coefficient (Wildman–Crippen LogP) is 1.89. The Morgan fingerprint density at radius 1 is 1.56 bits per heavy atom. The van der Waals surface area contributed by atoms with E-state index in [-0.39, 0.29) is 5.91 Å². The van der Waals surface area contributed by atoms with Crippen molar-refractivity contribution in [2.45, 2.75) is 0 Å². The Bertz CT molecular complexity index is 407. The van der Waals surface area contributed by atoms with Crippen molar-refractivity contribution in [1.82, 2.24) is 10.6 Å². The molecule has 86 valence electrons. The highest BCUT2D eigenvalue weighted by Crippen LogP contribution is 2.19. The fourth-order valence-corrected chi connectivity index (χ4v) is 2.44. The standard InChI is InChI=1S/C11H12ClIN2O/c12-10-3-8(13)1-2-9(10)11(16)15-6-7-4-14-5-7/h1-3,7,14H,4-6H2,(H,15,16). The highest BCUT2D eigenvalue weighted by atomic mass is 127. The number of nitrogens with one attached hydrogen (secondary N) is 2. The van der Waals surface area contributed by atoms with Gasteiger partial charge in [-0.3, -0.25) is 4.79 Å². The van der Waals surface area contributed by atoms with Crippen molar-refractivity contribution in [3.05, 3.63) is 32.4 Å². The van der Waals surface area contributed by atoms with Crippen LogP contribution in [-0.2, 0) is 0 Å². The molecule has 1 fully saturated rings. The van der Waals surface area contributed by atoms with Crippen LogP contribution in [0.3, 0.4) is 0 Å². The molecule has 1 aromatic rings. The van der Waals surface area contributed by atoms with Crippen LogP contribution in [0.15, 0.2) is 18.2 Å². The van der Waals surface area contributed by atoms with Gasteiger partial charge in [-0.05, 0) is 40.8 Å². The Labute approximate surface area is 113 Å². The van der Waals surface area contributed by atoms with Gasteiger partial charge >= 0.3 is 0 Å². The fourth-order valence-electron chi connectivity index (χ4n) is 1.50. The van der Waals surface area contributed by atoms with Gasteiger partial charge in [0.1, 0.15) is 0 Å². The molecule has 1 aliphatic heterocycles. The predicted molar refractivity (Wildman–Crippen MR) is 72.9 cm³/mol. The van der Waals surface area contributed by atoms with Gasteiger partial charge in [-0.15, -0.1) is 0 Å². The lowest BCUT2D eigenvalue weighted by atomic mass is 10.0. The molecular formula is C11H12ClIN2O. The van der Waals surface area contributed by atoms with Crippen molar-refractivity contribution in [1.29, 1.82) is 0 Å². The number of hydrogen-bond donors (Lipinski definition) is 2. The maximum Gasteiger partial charge on any atom is 0.252 e. The van der Waals surface area contributed by atoms with E-state index in [1.165, 1.54) is 0 Å². The van der Waals surface area contributed by atoms with E-state index >= 15 is 0 Å². The summed E-state index contributed by atoms with van der Waals surface area (Å²) in [4.78, 5) is 11.8. The molecule has 1 saturated heterocycles. The molecule has 0 aromatic heterocycles. The third-order valence-corrected chi connectivity index (χ3v) is 3.58. The van der Waals surface area contributed by atoms with Gasteiger partial charge in [0.25, 0.3) is 5.91 Å². The molecule has 2 N–H and O–H groups in total. The molecule has 0 bridgehead atoms. The highest BCUT2D eigenvalue weighted by molar-refractivity contribution is 14.1. The number of carbonyl (C=O) groups is 1. The molecule has 2 rings (SSSR count). The van der Waals surface area contributed by atoms with Crippen molar-refractivity contribution < 1.29 is 4.79 Å². The average Bonchev–Trinajstić information content (AvgIpc) is 2.14. The van der Waals surface area contributed by atoms with E-state index in [0.29, 0.717) is 23.0 Å². The Morgan fingerprint density at radius 3 is 2.88 bits per heavy atom. The first-order valence-electron chi connectivity index (χ1n) is 5.11. The molecule has 1 aromatic carbocycles. The molecule has 0 saturated carbocycles. The Morgan fingerprint density at radius 2 is 2.31 bits per heavy atom. The maximum atomic E-state index is 11.8. The summed E-state index contributed by atoms with van der Waals surface area (Å²) in [7, 11) is 0. The van der Waals surface area contributed by atoms with Crippen LogP contribution in [0.1, 0.15) is 10.4 Å². The van der Waals surface area contributed by atoms with Crippen molar-refractivity contribution in [2.24, 2.45) is 5.92 Å². The summed E-state index contributed by atoms with van der Waals surface area (Å²) in [6.07, 6.45) is 0. The van der Waals surface area contributed by atoms with Gasteiger partial charge in [-0.2, -0.15) is 0 Å². The molecule has 0 spiro atoms. The summed E-state index contributed by atoms with van der Waals surface area (Å²) in [6, 6.07) is 5.44. The zero-order valence-corrected chi connectivity index (χ0v) is 11.5. The first-order valence-corrected chi connectivity index (χ1v) is 6.56. The summed E-state index contributed by atoms with van der Waals surface area (Å²) in [5.74, 6) is 0.472. The van der Waals surface area contributed by atoms with Gasteiger partial charge in [0.2, 0.25) is 0 Å². The maximum absolute atomic E-state index is 11.8. The lowest BCUT2D eigenvalue weighted by molar-refractivity contribution is 0.0942. The molecule has 16 heavy (non-hydrogen) atoms. The van der Waals surface area contributed by atoms with Crippen LogP contribution in [0.2, 0.25) is 5.02 Å². The van der Waals surface area contributed by atoms with E-state index in [2.05, 4.69) is 33.2 Å². The Kier molecular flexibility index (Phi) is 4.05. The molecule has 5 heteroatoms. The minimum Gasteiger partial charge on any atom is -0.352 e. The molecule has 0 aliphatic carbocycles. The van der Waals surface area contributed by atoms with E-state index in [9.17, 15) is 4.79 Å². The van der Waals surface area contributed by atoms with Crippen molar-refractivity contribution in [2.75, 3.05) is 19.6 Å². The smallest absolute Gasteiger partial charge is 0.252 e. The summed E-state index contributed by atoms with van der Waals surface area (Å²) in [5, 5.41) is 6.57. The lowest BCUT2D eigenvalue weighted by Gasteiger charge is -2.27. The number of halogens is 2. The first kappa shape index (κ1) is 12.1. The normalized spacial score (nSPS) is 15.6. The van der Waals surface area contributed by atoms with E-state index in [1.54, 1.807) is 12.1 Å². The lowest BCUT2D eigenvalue weighted by Crippen LogP contribution is -2.48. The topological polar surface area (TPSA) is 41.1 Å². The minimum atomic E-state index is -0.0895. The van der Waals surface area contributed by atoms with Crippen LogP contribution in [0.25, 0.3) is 0 Å². The average molecular weight is 351 g/mol. The van der Waals surface area contributed by atoms with Crippen LogP contribution in [0.4, 0.5) is 0 Å². The van der Waals surface area contributed by atoms with E-state index < -0.39 is 0 Å². The first-order chi connectivity index (χ1) is 7.66. The number of rotatable bonds is 3. The zero-order valence-electron chi connectivity index (χ0n) is 8.59. The number of amides is 1.